The number of rotatable bonds is 8. The van der Waals surface area contributed by atoms with Crippen molar-refractivity contribution in [2.75, 3.05) is 24.7 Å². The lowest BCUT2D eigenvalue weighted by Crippen LogP contribution is -2.37. The molecule has 0 saturated carbocycles. The highest BCUT2D eigenvalue weighted by Gasteiger charge is 2.22. The van der Waals surface area contributed by atoms with E-state index in [1.807, 2.05) is 0 Å². The summed E-state index contributed by atoms with van der Waals surface area (Å²) in [4.78, 5) is 24.1. The maximum atomic E-state index is 13.8. The van der Waals surface area contributed by atoms with Crippen LogP contribution in [0.15, 0.2) is 48.5 Å². The molecule has 0 aliphatic heterocycles. The molecular weight excluding hydrogens is 387 g/mol. The third-order valence-corrected chi connectivity index (χ3v) is 4.95. The first-order valence-corrected chi connectivity index (χ1v) is 10.3. The topological polar surface area (TPSA) is 92.8 Å². The van der Waals surface area contributed by atoms with Crippen LogP contribution in [0.5, 0.6) is 0 Å². The van der Waals surface area contributed by atoms with Gasteiger partial charge in [0.25, 0.3) is 0 Å². The summed E-state index contributed by atoms with van der Waals surface area (Å²) in [5.41, 5.74) is 0.728. The van der Waals surface area contributed by atoms with E-state index in [9.17, 15) is 22.4 Å². The smallest absolute Gasteiger partial charge is 0.338 e. The van der Waals surface area contributed by atoms with Crippen molar-refractivity contribution in [3.8, 4) is 0 Å². The van der Waals surface area contributed by atoms with Gasteiger partial charge in [0.2, 0.25) is 15.9 Å². The fraction of sp³-hybridized carbons (Fsp3) is 0.263. The number of nitrogens with zero attached hydrogens (tertiary/aromatic N) is 1. The predicted molar refractivity (Wildman–Crippen MR) is 103 cm³/mol. The SMILES string of the molecule is CCOC(=O)c1cccc(NC(=O)CN(Cc2ccccc2F)S(C)(=O)=O)c1. The van der Waals surface area contributed by atoms with Gasteiger partial charge < -0.3 is 10.1 Å². The first-order valence-electron chi connectivity index (χ1n) is 8.46. The highest BCUT2D eigenvalue weighted by molar-refractivity contribution is 7.88. The number of carbonyl (C=O) groups is 2. The third-order valence-electron chi connectivity index (χ3n) is 3.75. The van der Waals surface area contributed by atoms with E-state index in [0.717, 1.165) is 10.6 Å². The monoisotopic (exact) mass is 408 g/mol. The summed E-state index contributed by atoms with van der Waals surface area (Å²) in [6.07, 6.45) is 0.947. The summed E-state index contributed by atoms with van der Waals surface area (Å²) in [5.74, 6) is -1.71. The standard InChI is InChI=1S/C19H21FN2O5S/c1-3-27-19(24)14-8-6-9-16(11-14)21-18(23)13-22(28(2,25)26)12-15-7-4-5-10-17(15)20/h4-11H,3,12-13H2,1-2H3,(H,21,23). The van der Waals surface area contributed by atoms with E-state index in [0.29, 0.717) is 5.69 Å². The maximum absolute atomic E-state index is 13.8. The first kappa shape index (κ1) is 21.5. The molecule has 2 aromatic carbocycles. The zero-order valence-corrected chi connectivity index (χ0v) is 16.3. The molecule has 0 fully saturated rings. The third kappa shape index (κ3) is 6.14. The summed E-state index contributed by atoms with van der Waals surface area (Å²) < 4.78 is 43.6. The number of carbonyl (C=O) groups excluding carboxylic acids is 2. The minimum atomic E-state index is -3.76. The van der Waals surface area contributed by atoms with E-state index in [2.05, 4.69) is 5.32 Å². The highest BCUT2D eigenvalue weighted by Crippen LogP contribution is 2.14. The molecule has 0 aliphatic rings. The zero-order chi connectivity index (χ0) is 20.7. The molecule has 0 saturated heterocycles. The van der Waals surface area contributed by atoms with Crippen LogP contribution in [0.2, 0.25) is 0 Å². The van der Waals surface area contributed by atoms with Gasteiger partial charge in [-0.1, -0.05) is 24.3 Å². The van der Waals surface area contributed by atoms with Crippen molar-refractivity contribution in [1.29, 1.82) is 0 Å². The Balaban J connectivity index is 2.11. The summed E-state index contributed by atoms with van der Waals surface area (Å²) in [5, 5.41) is 2.54. The van der Waals surface area contributed by atoms with Crippen LogP contribution in [0.25, 0.3) is 0 Å². The highest BCUT2D eigenvalue weighted by atomic mass is 32.2. The maximum Gasteiger partial charge on any atom is 0.338 e. The Bertz CT molecular complexity index is 962. The van der Waals surface area contributed by atoms with Gasteiger partial charge in [0.1, 0.15) is 5.82 Å². The molecule has 1 amide bonds. The summed E-state index contributed by atoms with van der Waals surface area (Å²) in [7, 11) is -3.76. The largest absolute Gasteiger partial charge is 0.462 e. The number of nitrogens with one attached hydrogen (secondary N) is 1. The van der Waals surface area contributed by atoms with Gasteiger partial charge in [-0.05, 0) is 31.2 Å². The molecule has 0 aromatic heterocycles. The van der Waals surface area contributed by atoms with Gasteiger partial charge in [0.05, 0.1) is 25.0 Å². The van der Waals surface area contributed by atoms with Crippen molar-refractivity contribution in [3.63, 3.8) is 0 Å². The van der Waals surface area contributed by atoms with Crippen molar-refractivity contribution in [3.05, 3.63) is 65.5 Å². The number of sulfonamides is 1. The van der Waals surface area contributed by atoms with Crippen LogP contribution < -0.4 is 5.32 Å². The number of halogens is 1. The number of anilines is 1. The van der Waals surface area contributed by atoms with E-state index in [-0.39, 0.29) is 24.3 Å². The van der Waals surface area contributed by atoms with Gasteiger partial charge in [-0.3, -0.25) is 4.79 Å². The lowest BCUT2D eigenvalue weighted by molar-refractivity contribution is -0.116. The van der Waals surface area contributed by atoms with Crippen LogP contribution in [0, 0.1) is 5.82 Å². The quantitative estimate of drug-likeness (QED) is 0.677. The molecule has 0 heterocycles. The molecule has 1 N–H and O–H groups in total. The number of amides is 1. The van der Waals surface area contributed by atoms with Crippen LogP contribution in [-0.2, 0) is 26.1 Å². The van der Waals surface area contributed by atoms with Crippen molar-refractivity contribution in [2.45, 2.75) is 13.5 Å². The lowest BCUT2D eigenvalue weighted by Gasteiger charge is -2.20. The predicted octanol–water partition coefficient (Wildman–Crippen LogP) is 2.40. The normalized spacial score (nSPS) is 11.3. The Kier molecular flexibility index (Phi) is 7.24. The van der Waals surface area contributed by atoms with E-state index < -0.39 is 34.3 Å². The molecule has 7 nitrogen and oxygen atoms in total. The van der Waals surface area contributed by atoms with Crippen LogP contribution in [0.1, 0.15) is 22.8 Å². The summed E-state index contributed by atoms with van der Waals surface area (Å²) >= 11 is 0. The molecule has 2 aromatic rings. The molecule has 0 radical (unpaired) electrons. The summed E-state index contributed by atoms with van der Waals surface area (Å²) in [6, 6.07) is 11.8. The Morgan fingerprint density at radius 1 is 1.14 bits per heavy atom. The molecule has 9 heteroatoms. The molecule has 0 unspecified atom stereocenters. The number of ether oxygens (including phenoxy) is 1. The molecular formula is C19H21FN2O5S. The van der Waals surface area contributed by atoms with Crippen molar-refractivity contribution in [2.24, 2.45) is 0 Å². The van der Waals surface area contributed by atoms with Crippen LogP contribution in [0.4, 0.5) is 10.1 Å². The number of hydrogen-bond donors (Lipinski definition) is 1. The Hall–Kier alpha value is -2.78. The molecule has 0 aliphatic carbocycles. The lowest BCUT2D eigenvalue weighted by atomic mass is 10.2. The number of hydrogen-bond acceptors (Lipinski definition) is 5. The zero-order valence-electron chi connectivity index (χ0n) is 15.5. The minimum absolute atomic E-state index is 0.157. The fourth-order valence-corrected chi connectivity index (χ4v) is 3.13. The second-order valence-corrected chi connectivity index (χ2v) is 7.95. The van der Waals surface area contributed by atoms with Crippen LogP contribution >= 0.6 is 0 Å². The van der Waals surface area contributed by atoms with E-state index in [4.69, 9.17) is 4.74 Å². The van der Waals surface area contributed by atoms with Gasteiger partial charge in [0, 0.05) is 17.8 Å². The van der Waals surface area contributed by atoms with Crippen LogP contribution in [-0.4, -0.2) is 44.0 Å². The van der Waals surface area contributed by atoms with Crippen molar-refractivity contribution < 1.29 is 27.1 Å². The van der Waals surface area contributed by atoms with Gasteiger partial charge in [-0.2, -0.15) is 4.31 Å². The van der Waals surface area contributed by atoms with Crippen molar-refractivity contribution >= 4 is 27.6 Å². The molecule has 0 bridgehead atoms. The Labute approximate surface area is 163 Å². The molecule has 2 rings (SSSR count). The van der Waals surface area contributed by atoms with Crippen LogP contribution in [0.3, 0.4) is 0 Å². The molecule has 150 valence electrons. The number of esters is 1. The molecule has 0 spiro atoms. The minimum Gasteiger partial charge on any atom is -0.462 e. The van der Waals surface area contributed by atoms with E-state index >= 15 is 0 Å². The Morgan fingerprint density at radius 3 is 2.50 bits per heavy atom. The van der Waals surface area contributed by atoms with Gasteiger partial charge in [-0.25, -0.2) is 17.6 Å². The van der Waals surface area contributed by atoms with E-state index in [1.165, 1.54) is 30.3 Å². The Morgan fingerprint density at radius 2 is 1.86 bits per heavy atom. The summed E-state index contributed by atoms with van der Waals surface area (Å²) in [6.45, 7) is 1.12. The van der Waals surface area contributed by atoms with Crippen molar-refractivity contribution in [1.82, 2.24) is 4.31 Å². The fourth-order valence-electron chi connectivity index (χ4n) is 2.41. The van der Waals surface area contributed by atoms with E-state index in [1.54, 1.807) is 25.1 Å². The second kappa shape index (κ2) is 9.43. The first-order chi connectivity index (χ1) is 13.2. The average Bonchev–Trinajstić information content (AvgIpc) is 2.62. The average molecular weight is 408 g/mol. The molecule has 0 atom stereocenters. The van der Waals surface area contributed by atoms with Gasteiger partial charge in [-0.15, -0.1) is 0 Å². The molecule has 28 heavy (non-hydrogen) atoms. The van der Waals surface area contributed by atoms with Gasteiger partial charge in [0.15, 0.2) is 0 Å². The number of benzene rings is 2. The second-order valence-electron chi connectivity index (χ2n) is 5.97. The van der Waals surface area contributed by atoms with Gasteiger partial charge >= 0.3 is 5.97 Å².